The minimum atomic E-state index is 0.113. The topological polar surface area (TPSA) is 59.3 Å². The second-order valence-electron chi connectivity index (χ2n) is 5.53. The molecule has 119 valence electrons. The molecule has 3 aromatic rings. The van der Waals surface area contributed by atoms with Crippen molar-refractivity contribution < 1.29 is 9.84 Å². The Hall–Kier alpha value is -2.69. The molecule has 3 rings (SSSR count). The summed E-state index contributed by atoms with van der Waals surface area (Å²) < 4.78 is 7.38. The number of hydrogen-bond acceptors (Lipinski definition) is 4. The predicted octanol–water partition coefficient (Wildman–Crippen LogP) is 3.44. The van der Waals surface area contributed by atoms with E-state index in [2.05, 4.69) is 33.9 Å². The number of aromatic hydroxyl groups is 1. The standard InChI is InChI=1S/C18H20N3O2/c1-13(20-15-7-5-9-17(22)18(15)23-2)10-11-21-12-19-14-6-3-4-8-16(14)21/h3-6,8-9,12-13,20,22H,10-11H2,1-2H3. The van der Waals surface area contributed by atoms with Crippen LogP contribution in [0.3, 0.4) is 0 Å². The van der Waals surface area contributed by atoms with E-state index in [-0.39, 0.29) is 11.8 Å². The van der Waals surface area contributed by atoms with Gasteiger partial charge in [0.15, 0.2) is 11.5 Å². The van der Waals surface area contributed by atoms with Gasteiger partial charge in [0.1, 0.15) is 0 Å². The number of ether oxygens (including phenoxy) is 1. The summed E-state index contributed by atoms with van der Waals surface area (Å²) in [6.45, 7) is 2.95. The third kappa shape index (κ3) is 3.23. The van der Waals surface area contributed by atoms with Crippen LogP contribution in [0.15, 0.2) is 42.7 Å². The van der Waals surface area contributed by atoms with Gasteiger partial charge in [-0.1, -0.05) is 12.1 Å². The molecule has 2 aromatic carbocycles. The molecule has 0 aliphatic rings. The van der Waals surface area contributed by atoms with Gasteiger partial charge < -0.3 is 19.7 Å². The van der Waals surface area contributed by atoms with Gasteiger partial charge in [-0.2, -0.15) is 0 Å². The Morgan fingerprint density at radius 3 is 3.00 bits per heavy atom. The number of nitrogens with one attached hydrogen (secondary N) is 1. The second-order valence-corrected chi connectivity index (χ2v) is 5.53. The lowest BCUT2D eigenvalue weighted by molar-refractivity contribution is 0.374. The third-order valence-corrected chi connectivity index (χ3v) is 3.85. The number of phenols is 1. The molecule has 2 N–H and O–H groups in total. The van der Waals surface area contributed by atoms with Crippen LogP contribution in [0.1, 0.15) is 13.3 Å². The van der Waals surface area contributed by atoms with Gasteiger partial charge >= 0.3 is 0 Å². The number of para-hydroxylation sites is 2. The molecule has 1 heterocycles. The van der Waals surface area contributed by atoms with Crippen molar-refractivity contribution in [3.05, 3.63) is 48.8 Å². The van der Waals surface area contributed by atoms with Crippen LogP contribution in [-0.4, -0.2) is 27.8 Å². The summed E-state index contributed by atoms with van der Waals surface area (Å²) in [4.78, 5) is 4.40. The van der Waals surface area contributed by atoms with E-state index in [0.717, 1.165) is 24.0 Å². The van der Waals surface area contributed by atoms with Crippen LogP contribution >= 0.6 is 0 Å². The summed E-state index contributed by atoms with van der Waals surface area (Å²) in [5, 5.41) is 13.1. The largest absolute Gasteiger partial charge is 0.504 e. The summed E-state index contributed by atoms with van der Waals surface area (Å²) >= 11 is 0. The van der Waals surface area contributed by atoms with Crippen molar-refractivity contribution in [3.63, 3.8) is 0 Å². The molecule has 23 heavy (non-hydrogen) atoms. The molecule has 0 amide bonds. The summed E-state index contributed by atoms with van der Waals surface area (Å²) in [5.41, 5.74) is 2.83. The van der Waals surface area contributed by atoms with E-state index in [4.69, 9.17) is 4.74 Å². The SMILES string of the molecule is COc1c(NC(C)CCn2cnc3ccccc32)[c]ccc1O. The van der Waals surface area contributed by atoms with Crippen molar-refractivity contribution in [2.24, 2.45) is 0 Å². The van der Waals surface area contributed by atoms with Crippen molar-refractivity contribution in [3.8, 4) is 11.5 Å². The first kappa shape index (κ1) is 15.2. The quantitative estimate of drug-likeness (QED) is 0.732. The zero-order valence-corrected chi connectivity index (χ0v) is 13.3. The van der Waals surface area contributed by atoms with E-state index in [1.165, 1.54) is 7.11 Å². The Balaban J connectivity index is 1.66. The van der Waals surface area contributed by atoms with Gasteiger partial charge in [-0.3, -0.25) is 0 Å². The van der Waals surface area contributed by atoms with Gasteiger partial charge in [0, 0.05) is 18.7 Å². The first-order valence-electron chi connectivity index (χ1n) is 7.63. The zero-order valence-electron chi connectivity index (χ0n) is 13.3. The maximum Gasteiger partial charge on any atom is 0.184 e. The Labute approximate surface area is 135 Å². The molecule has 1 unspecified atom stereocenters. The lowest BCUT2D eigenvalue weighted by Gasteiger charge is -2.18. The van der Waals surface area contributed by atoms with E-state index >= 15 is 0 Å². The van der Waals surface area contributed by atoms with Crippen LogP contribution in [-0.2, 0) is 6.54 Å². The zero-order chi connectivity index (χ0) is 16.2. The molecule has 0 aliphatic heterocycles. The fraction of sp³-hybridized carbons (Fsp3) is 0.278. The number of aryl methyl sites for hydroxylation is 1. The van der Waals surface area contributed by atoms with Gasteiger partial charge in [-0.15, -0.1) is 0 Å². The fourth-order valence-corrected chi connectivity index (χ4v) is 2.63. The van der Waals surface area contributed by atoms with Crippen molar-refractivity contribution >= 4 is 16.7 Å². The molecule has 5 nitrogen and oxygen atoms in total. The Kier molecular flexibility index (Phi) is 4.37. The second kappa shape index (κ2) is 6.60. The van der Waals surface area contributed by atoms with Crippen LogP contribution in [0.25, 0.3) is 11.0 Å². The van der Waals surface area contributed by atoms with Gasteiger partial charge in [-0.25, -0.2) is 4.98 Å². The molecule has 0 fully saturated rings. The fourth-order valence-electron chi connectivity index (χ4n) is 2.63. The lowest BCUT2D eigenvalue weighted by Crippen LogP contribution is -2.18. The van der Waals surface area contributed by atoms with Crippen molar-refractivity contribution in [2.75, 3.05) is 12.4 Å². The number of nitrogens with zero attached hydrogens (tertiary/aromatic N) is 2. The molecule has 1 atom stereocenters. The molecule has 0 saturated carbocycles. The number of benzene rings is 2. The summed E-state index contributed by atoms with van der Waals surface area (Å²) in [6, 6.07) is 14.6. The highest BCUT2D eigenvalue weighted by Gasteiger charge is 2.11. The summed E-state index contributed by atoms with van der Waals surface area (Å²) in [5.74, 6) is 0.536. The number of anilines is 1. The van der Waals surface area contributed by atoms with Gasteiger partial charge in [0.05, 0.1) is 30.2 Å². The van der Waals surface area contributed by atoms with Crippen LogP contribution < -0.4 is 10.1 Å². The number of hydrogen-bond donors (Lipinski definition) is 2. The number of fused-ring (bicyclic) bond motifs is 1. The summed E-state index contributed by atoms with van der Waals surface area (Å²) in [6.07, 6.45) is 2.78. The Morgan fingerprint density at radius 2 is 2.17 bits per heavy atom. The molecular weight excluding hydrogens is 290 g/mol. The maximum absolute atomic E-state index is 9.81. The molecule has 0 bridgehead atoms. The number of rotatable bonds is 6. The van der Waals surface area contributed by atoms with E-state index in [0.29, 0.717) is 11.4 Å². The smallest absolute Gasteiger partial charge is 0.184 e. The maximum atomic E-state index is 9.81. The minimum absolute atomic E-state index is 0.113. The molecule has 0 saturated heterocycles. The van der Waals surface area contributed by atoms with Crippen molar-refractivity contribution in [1.29, 1.82) is 0 Å². The van der Waals surface area contributed by atoms with Crippen molar-refractivity contribution in [1.82, 2.24) is 9.55 Å². The van der Waals surface area contributed by atoms with Gasteiger partial charge in [0.25, 0.3) is 0 Å². The van der Waals surface area contributed by atoms with Gasteiger partial charge in [-0.05, 0) is 37.6 Å². The highest BCUT2D eigenvalue weighted by molar-refractivity contribution is 5.74. The minimum Gasteiger partial charge on any atom is -0.504 e. The highest BCUT2D eigenvalue weighted by atomic mass is 16.5. The summed E-state index contributed by atoms with van der Waals surface area (Å²) in [7, 11) is 1.54. The van der Waals surface area contributed by atoms with Crippen LogP contribution in [0.2, 0.25) is 0 Å². The molecule has 0 spiro atoms. The van der Waals surface area contributed by atoms with Crippen LogP contribution in [0.5, 0.6) is 11.5 Å². The number of methoxy groups -OCH3 is 1. The van der Waals surface area contributed by atoms with E-state index in [1.54, 1.807) is 12.1 Å². The lowest BCUT2D eigenvalue weighted by atomic mass is 10.2. The van der Waals surface area contributed by atoms with E-state index in [1.807, 2.05) is 24.5 Å². The average Bonchev–Trinajstić information content (AvgIpc) is 2.96. The van der Waals surface area contributed by atoms with Crippen LogP contribution in [0, 0.1) is 6.07 Å². The monoisotopic (exact) mass is 310 g/mol. The average molecular weight is 310 g/mol. The molecule has 1 radical (unpaired) electrons. The third-order valence-electron chi connectivity index (χ3n) is 3.85. The number of aromatic nitrogens is 2. The molecule has 0 aliphatic carbocycles. The molecular formula is C18H20N3O2. The van der Waals surface area contributed by atoms with E-state index in [9.17, 15) is 5.11 Å². The van der Waals surface area contributed by atoms with E-state index < -0.39 is 0 Å². The highest BCUT2D eigenvalue weighted by Crippen LogP contribution is 2.33. The number of imidazole rings is 1. The number of phenolic OH excluding ortho intramolecular Hbond substituents is 1. The first-order chi connectivity index (χ1) is 11.2. The molecule has 1 aromatic heterocycles. The van der Waals surface area contributed by atoms with Crippen molar-refractivity contribution in [2.45, 2.75) is 25.9 Å². The first-order valence-corrected chi connectivity index (χ1v) is 7.63. The Morgan fingerprint density at radius 1 is 1.35 bits per heavy atom. The Bertz CT molecular complexity index is 798. The normalized spacial score (nSPS) is 12.3. The van der Waals surface area contributed by atoms with Crippen LogP contribution in [0.4, 0.5) is 5.69 Å². The van der Waals surface area contributed by atoms with Gasteiger partial charge in [0.2, 0.25) is 0 Å². The molecule has 5 heteroatoms. The predicted molar refractivity (Wildman–Crippen MR) is 90.9 cm³/mol.